The quantitative estimate of drug-likeness (QED) is 0.788. The predicted molar refractivity (Wildman–Crippen MR) is 61.2 cm³/mol. The van der Waals surface area contributed by atoms with E-state index in [0.29, 0.717) is 11.2 Å². The lowest BCUT2D eigenvalue weighted by molar-refractivity contribution is 0.0988. The third-order valence-corrected chi connectivity index (χ3v) is 3.12. The molecule has 0 aliphatic carbocycles. The summed E-state index contributed by atoms with van der Waals surface area (Å²) in [4.78, 5) is 16.8. The number of anilines is 1. The van der Waals surface area contributed by atoms with Gasteiger partial charge in [-0.1, -0.05) is 0 Å². The molecule has 0 aliphatic heterocycles. The van der Waals surface area contributed by atoms with Crippen molar-refractivity contribution < 1.29 is 18.0 Å². The summed E-state index contributed by atoms with van der Waals surface area (Å²) in [5.41, 5.74) is -0.536. The molecule has 0 spiro atoms. The number of benzene rings is 1. The molecule has 0 bridgehead atoms. The van der Waals surface area contributed by atoms with Crippen LogP contribution in [0.5, 0.6) is 0 Å². The summed E-state index contributed by atoms with van der Waals surface area (Å²) in [6.07, 6.45) is 1.48. The van der Waals surface area contributed by atoms with Gasteiger partial charge in [-0.2, -0.15) is 0 Å². The van der Waals surface area contributed by atoms with Gasteiger partial charge in [-0.25, -0.2) is 18.2 Å². The number of thiazole rings is 1. The molecule has 1 aromatic carbocycles. The fourth-order valence-corrected chi connectivity index (χ4v) is 1.95. The van der Waals surface area contributed by atoms with Gasteiger partial charge in [0, 0.05) is 18.6 Å². The molecule has 0 atom stereocenters. The molecule has 94 valence electrons. The summed E-state index contributed by atoms with van der Waals surface area (Å²) in [5.74, 6) is -5.28. The number of carbonyl (C=O) groups excluding carboxylic acids is 1. The molecular weight excluding hydrogens is 265 g/mol. The smallest absolute Gasteiger partial charge is 0.262 e. The molecule has 0 saturated carbocycles. The first-order valence-electron chi connectivity index (χ1n) is 4.83. The molecule has 0 unspecified atom stereocenters. The van der Waals surface area contributed by atoms with E-state index < -0.39 is 28.9 Å². The molecular formula is C11H7F3N2OS. The Kier molecular flexibility index (Phi) is 3.33. The summed E-state index contributed by atoms with van der Waals surface area (Å²) >= 11 is 1.17. The van der Waals surface area contributed by atoms with Crippen molar-refractivity contribution in [1.29, 1.82) is 0 Å². The Bertz CT molecular complexity index is 586. The minimum Gasteiger partial charge on any atom is -0.287 e. The summed E-state index contributed by atoms with van der Waals surface area (Å²) in [6.45, 7) is 0. The molecule has 18 heavy (non-hydrogen) atoms. The largest absolute Gasteiger partial charge is 0.287 e. The molecule has 2 aromatic rings. The monoisotopic (exact) mass is 272 g/mol. The normalized spacial score (nSPS) is 10.4. The summed E-state index contributed by atoms with van der Waals surface area (Å²) in [7, 11) is 1.38. The van der Waals surface area contributed by atoms with Gasteiger partial charge >= 0.3 is 0 Å². The molecule has 1 amide bonds. The predicted octanol–water partition coefficient (Wildman–Crippen LogP) is 2.84. The molecule has 3 nitrogen and oxygen atoms in total. The van der Waals surface area contributed by atoms with Crippen molar-refractivity contribution in [2.45, 2.75) is 0 Å². The third-order valence-electron chi connectivity index (χ3n) is 2.28. The van der Waals surface area contributed by atoms with Gasteiger partial charge in [0.25, 0.3) is 5.91 Å². The fourth-order valence-electron chi connectivity index (χ4n) is 1.34. The Morgan fingerprint density at radius 1 is 1.28 bits per heavy atom. The average molecular weight is 272 g/mol. The molecule has 0 saturated heterocycles. The van der Waals surface area contributed by atoms with Crippen molar-refractivity contribution in [2.75, 3.05) is 11.9 Å². The van der Waals surface area contributed by atoms with Crippen LogP contribution in [0.4, 0.5) is 18.3 Å². The maximum absolute atomic E-state index is 13.4. The minimum atomic E-state index is -1.66. The number of amides is 1. The van der Waals surface area contributed by atoms with Crippen LogP contribution >= 0.6 is 11.3 Å². The summed E-state index contributed by atoms with van der Waals surface area (Å²) < 4.78 is 39.2. The van der Waals surface area contributed by atoms with Gasteiger partial charge in [0.05, 0.1) is 5.56 Å². The molecule has 0 radical (unpaired) electrons. The summed E-state index contributed by atoms with van der Waals surface area (Å²) in [6, 6.07) is 1.61. The highest BCUT2D eigenvalue weighted by Gasteiger charge is 2.23. The Morgan fingerprint density at radius 3 is 2.61 bits per heavy atom. The zero-order valence-electron chi connectivity index (χ0n) is 9.15. The summed E-state index contributed by atoms with van der Waals surface area (Å²) in [5, 5.41) is 1.98. The Labute approximate surface area is 104 Å². The van der Waals surface area contributed by atoms with Gasteiger partial charge in [-0.05, 0) is 12.1 Å². The highest BCUT2D eigenvalue weighted by atomic mass is 32.1. The standard InChI is InChI=1S/C11H7F3N2OS/c1-16(11-15-4-5-18-11)10(17)6-2-3-7(12)9(14)8(6)13/h2-5H,1H3. The SMILES string of the molecule is CN(C(=O)c1ccc(F)c(F)c1F)c1nccs1. The van der Waals surface area contributed by atoms with Crippen LogP contribution < -0.4 is 4.90 Å². The average Bonchev–Trinajstić information content (AvgIpc) is 2.88. The van der Waals surface area contributed by atoms with Gasteiger partial charge in [-0.15, -0.1) is 11.3 Å². The van der Waals surface area contributed by atoms with Crippen molar-refractivity contribution >= 4 is 22.4 Å². The number of nitrogens with zero attached hydrogens (tertiary/aromatic N) is 2. The van der Waals surface area contributed by atoms with E-state index in [-0.39, 0.29) is 0 Å². The van der Waals surface area contributed by atoms with Crippen molar-refractivity contribution in [3.8, 4) is 0 Å². The zero-order valence-corrected chi connectivity index (χ0v) is 9.97. The highest BCUT2D eigenvalue weighted by Crippen LogP contribution is 2.21. The first-order chi connectivity index (χ1) is 8.52. The van der Waals surface area contributed by atoms with Crippen LogP contribution in [0.15, 0.2) is 23.7 Å². The molecule has 1 aromatic heterocycles. The van der Waals surface area contributed by atoms with Crippen molar-refractivity contribution in [2.24, 2.45) is 0 Å². The lowest BCUT2D eigenvalue weighted by Crippen LogP contribution is -2.27. The number of rotatable bonds is 2. The van der Waals surface area contributed by atoms with Crippen LogP contribution in [-0.2, 0) is 0 Å². The first-order valence-corrected chi connectivity index (χ1v) is 5.71. The van der Waals surface area contributed by atoms with E-state index in [2.05, 4.69) is 4.98 Å². The minimum absolute atomic E-state index is 0.337. The van der Waals surface area contributed by atoms with Crippen LogP contribution in [0, 0.1) is 17.5 Å². The van der Waals surface area contributed by atoms with Crippen molar-refractivity contribution in [3.05, 3.63) is 46.7 Å². The number of halogens is 3. The van der Waals surface area contributed by atoms with Gasteiger partial charge in [0.2, 0.25) is 0 Å². The number of hydrogen-bond donors (Lipinski definition) is 0. The fraction of sp³-hybridized carbons (Fsp3) is 0.0909. The Morgan fingerprint density at radius 2 is 2.00 bits per heavy atom. The van der Waals surface area contributed by atoms with E-state index >= 15 is 0 Å². The molecule has 1 heterocycles. The lowest BCUT2D eigenvalue weighted by atomic mass is 10.2. The van der Waals surface area contributed by atoms with Crippen LogP contribution in [0.25, 0.3) is 0 Å². The van der Waals surface area contributed by atoms with Crippen molar-refractivity contribution in [3.63, 3.8) is 0 Å². The van der Waals surface area contributed by atoms with Crippen LogP contribution in [0.3, 0.4) is 0 Å². The second-order valence-corrected chi connectivity index (χ2v) is 4.27. The van der Waals surface area contributed by atoms with E-state index in [1.54, 1.807) is 5.38 Å². The molecule has 0 aliphatic rings. The number of carbonyl (C=O) groups is 1. The maximum atomic E-state index is 13.4. The van der Waals surface area contributed by atoms with E-state index in [1.165, 1.54) is 24.6 Å². The number of aromatic nitrogens is 1. The van der Waals surface area contributed by atoms with E-state index in [4.69, 9.17) is 0 Å². The van der Waals surface area contributed by atoms with Crippen LogP contribution in [-0.4, -0.2) is 17.9 Å². The van der Waals surface area contributed by atoms with E-state index in [9.17, 15) is 18.0 Å². The van der Waals surface area contributed by atoms with E-state index in [1.807, 2.05) is 0 Å². The van der Waals surface area contributed by atoms with Gasteiger partial charge in [-0.3, -0.25) is 9.69 Å². The highest BCUT2D eigenvalue weighted by molar-refractivity contribution is 7.13. The van der Waals surface area contributed by atoms with Gasteiger partial charge < -0.3 is 0 Å². The topological polar surface area (TPSA) is 33.2 Å². The molecule has 2 rings (SSSR count). The number of hydrogen-bond acceptors (Lipinski definition) is 3. The van der Waals surface area contributed by atoms with E-state index in [0.717, 1.165) is 11.0 Å². The zero-order chi connectivity index (χ0) is 13.3. The molecule has 0 N–H and O–H groups in total. The van der Waals surface area contributed by atoms with Crippen LogP contribution in [0.1, 0.15) is 10.4 Å². The third kappa shape index (κ3) is 2.08. The Hall–Kier alpha value is -1.89. The molecule has 0 fully saturated rings. The lowest BCUT2D eigenvalue weighted by Gasteiger charge is -2.14. The first kappa shape index (κ1) is 12.6. The van der Waals surface area contributed by atoms with Gasteiger partial charge in [0.15, 0.2) is 22.6 Å². The van der Waals surface area contributed by atoms with Crippen molar-refractivity contribution in [1.82, 2.24) is 4.98 Å². The maximum Gasteiger partial charge on any atom is 0.262 e. The van der Waals surface area contributed by atoms with Crippen LogP contribution in [0.2, 0.25) is 0 Å². The second kappa shape index (κ2) is 4.77. The second-order valence-electron chi connectivity index (χ2n) is 3.40. The Balaban J connectivity index is 2.38. The molecule has 7 heteroatoms. The van der Waals surface area contributed by atoms with Gasteiger partial charge in [0.1, 0.15) is 0 Å².